The second-order valence-electron chi connectivity index (χ2n) is 5.00. The average Bonchev–Trinajstić information content (AvgIpc) is 3.05. The number of aromatic amines is 1. The molecular weight excluding hydrogens is 252 g/mol. The van der Waals surface area contributed by atoms with Crippen LogP contribution in [0.25, 0.3) is 11.4 Å². The molecular formula is C15H16N4O. The lowest BCUT2D eigenvalue weighted by Crippen LogP contribution is -2.24. The fourth-order valence-electron chi connectivity index (χ4n) is 2.43. The van der Waals surface area contributed by atoms with E-state index in [0.29, 0.717) is 18.8 Å². The SMILES string of the molecule is C=CC1CC(=O)N(c2cccc(-c3n[nH]c(C)n3)c2)C1. The van der Waals surface area contributed by atoms with E-state index in [1.165, 1.54) is 0 Å². The largest absolute Gasteiger partial charge is 0.312 e. The summed E-state index contributed by atoms with van der Waals surface area (Å²) in [4.78, 5) is 18.2. The molecule has 1 atom stereocenters. The van der Waals surface area contributed by atoms with Crippen LogP contribution in [0.1, 0.15) is 12.2 Å². The van der Waals surface area contributed by atoms with E-state index in [4.69, 9.17) is 0 Å². The van der Waals surface area contributed by atoms with E-state index < -0.39 is 0 Å². The maximum atomic E-state index is 12.0. The molecule has 1 unspecified atom stereocenters. The Balaban J connectivity index is 1.92. The molecule has 102 valence electrons. The number of carbonyl (C=O) groups is 1. The first-order valence-electron chi connectivity index (χ1n) is 6.59. The molecule has 1 saturated heterocycles. The summed E-state index contributed by atoms with van der Waals surface area (Å²) in [6.45, 7) is 6.32. The first-order chi connectivity index (χ1) is 9.67. The summed E-state index contributed by atoms with van der Waals surface area (Å²) in [6, 6.07) is 7.75. The van der Waals surface area contributed by atoms with Gasteiger partial charge in [-0.1, -0.05) is 18.2 Å². The molecule has 3 rings (SSSR count). The molecule has 1 aromatic carbocycles. The monoisotopic (exact) mass is 268 g/mol. The molecule has 1 aromatic heterocycles. The van der Waals surface area contributed by atoms with E-state index in [1.54, 1.807) is 4.90 Å². The van der Waals surface area contributed by atoms with E-state index >= 15 is 0 Å². The number of benzene rings is 1. The summed E-state index contributed by atoms with van der Waals surface area (Å²) < 4.78 is 0. The smallest absolute Gasteiger partial charge is 0.227 e. The lowest BCUT2D eigenvalue weighted by atomic mass is 10.1. The van der Waals surface area contributed by atoms with Gasteiger partial charge in [0.2, 0.25) is 5.91 Å². The van der Waals surface area contributed by atoms with Crippen molar-refractivity contribution in [1.82, 2.24) is 15.2 Å². The fraction of sp³-hybridized carbons (Fsp3) is 0.267. The van der Waals surface area contributed by atoms with E-state index in [0.717, 1.165) is 17.1 Å². The molecule has 0 radical (unpaired) electrons. The predicted octanol–water partition coefficient (Wildman–Crippen LogP) is 2.32. The van der Waals surface area contributed by atoms with Gasteiger partial charge in [0, 0.05) is 30.1 Å². The second-order valence-corrected chi connectivity index (χ2v) is 5.00. The van der Waals surface area contributed by atoms with Crippen LogP contribution in [0.3, 0.4) is 0 Å². The number of H-pyrrole nitrogens is 1. The molecule has 1 fully saturated rings. The summed E-state index contributed by atoms with van der Waals surface area (Å²) >= 11 is 0. The molecule has 1 amide bonds. The molecule has 5 nitrogen and oxygen atoms in total. The number of nitrogens with one attached hydrogen (secondary N) is 1. The van der Waals surface area contributed by atoms with Gasteiger partial charge in [0.15, 0.2) is 5.82 Å². The minimum atomic E-state index is 0.137. The minimum absolute atomic E-state index is 0.137. The summed E-state index contributed by atoms with van der Waals surface area (Å²) in [5.74, 6) is 1.79. The van der Waals surface area contributed by atoms with Crippen LogP contribution in [0, 0.1) is 12.8 Å². The van der Waals surface area contributed by atoms with Gasteiger partial charge in [-0.25, -0.2) is 4.98 Å². The van der Waals surface area contributed by atoms with Crippen molar-refractivity contribution in [2.75, 3.05) is 11.4 Å². The second kappa shape index (κ2) is 4.92. The van der Waals surface area contributed by atoms with Gasteiger partial charge in [-0.05, 0) is 19.1 Å². The topological polar surface area (TPSA) is 61.9 Å². The molecule has 0 spiro atoms. The van der Waals surface area contributed by atoms with Crippen LogP contribution >= 0.6 is 0 Å². The molecule has 5 heteroatoms. The Morgan fingerprint density at radius 1 is 1.50 bits per heavy atom. The first kappa shape index (κ1) is 12.6. The Morgan fingerprint density at radius 2 is 2.35 bits per heavy atom. The summed E-state index contributed by atoms with van der Waals surface area (Å²) in [5.41, 5.74) is 1.79. The molecule has 1 aliphatic heterocycles. The Kier molecular flexibility index (Phi) is 3.10. The lowest BCUT2D eigenvalue weighted by Gasteiger charge is -2.16. The third kappa shape index (κ3) is 2.22. The highest BCUT2D eigenvalue weighted by Crippen LogP contribution is 2.28. The number of nitrogens with zero attached hydrogens (tertiary/aromatic N) is 3. The average molecular weight is 268 g/mol. The van der Waals surface area contributed by atoms with Crippen LogP contribution in [-0.2, 0) is 4.79 Å². The summed E-state index contributed by atoms with van der Waals surface area (Å²) in [5, 5.41) is 6.97. The van der Waals surface area contributed by atoms with Gasteiger partial charge in [0.1, 0.15) is 5.82 Å². The minimum Gasteiger partial charge on any atom is -0.312 e. The third-order valence-electron chi connectivity index (χ3n) is 3.50. The van der Waals surface area contributed by atoms with Crippen molar-refractivity contribution in [3.05, 3.63) is 42.7 Å². The van der Waals surface area contributed by atoms with Crippen LogP contribution in [0.4, 0.5) is 5.69 Å². The number of rotatable bonds is 3. The quantitative estimate of drug-likeness (QED) is 0.869. The number of anilines is 1. The Bertz CT molecular complexity index is 661. The molecule has 1 N–H and O–H groups in total. The molecule has 2 aromatic rings. The maximum Gasteiger partial charge on any atom is 0.227 e. The number of hydrogen-bond acceptors (Lipinski definition) is 3. The van der Waals surface area contributed by atoms with E-state index in [2.05, 4.69) is 21.8 Å². The van der Waals surface area contributed by atoms with Crippen LogP contribution in [0.2, 0.25) is 0 Å². The number of hydrogen-bond donors (Lipinski definition) is 1. The number of amides is 1. The van der Waals surface area contributed by atoms with Crippen LogP contribution in [0.15, 0.2) is 36.9 Å². The van der Waals surface area contributed by atoms with Crippen molar-refractivity contribution in [2.45, 2.75) is 13.3 Å². The first-order valence-corrected chi connectivity index (χ1v) is 6.59. The standard InChI is InChI=1S/C15H16N4O/c1-3-11-7-14(20)19(9-11)13-6-4-5-12(8-13)15-16-10(2)17-18-15/h3-6,8,11H,1,7,9H2,2H3,(H,16,17,18). The molecule has 2 heterocycles. The molecule has 0 saturated carbocycles. The van der Waals surface area contributed by atoms with Gasteiger partial charge in [0.25, 0.3) is 0 Å². The van der Waals surface area contributed by atoms with E-state index in [9.17, 15) is 4.79 Å². The van der Waals surface area contributed by atoms with Crippen LogP contribution in [0.5, 0.6) is 0 Å². The Morgan fingerprint density at radius 3 is 3.00 bits per heavy atom. The number of aryl methyl sites for hydroxylation is 1. The predicted molar refractivity (Wildman–Crippen MR) is 77.2 cm³/mol. The van der Waals surface area contributed by atoms with Crippen molar-refractivity contribution in [1.29, 1.82) is 0 Å². The molecule has 1 aliphatic rings. The zero-order valence-electron chi connectivity index (χ0n) is 11.3. The Hall–Kier alpha value is -2.43. The normalized spacial score (nSPS) is 18.6. The zero-order chi connectivity index (χ0) is 14.1. The van der Waals surface area contributed by atoms with Gasteiger partial charge in [-0.15, -0.1) is 6.58 Å². The fourth-order valence-corrected chi connectivity index (χ4v) is 2.43. The highest BCUT2D eigenvalue weighted by molar-refractivity contribution is 5.96. The van der Waals surface area contributed by atoms with Gasteiger partial charge < -0.3 is 4.90 Å². The van der Waals surface area contributed by atoms with Crippen LogP contribution < -0.4 is 4.90 Å². The van der Waals surface area contributed by atoms with E-state index in [-0.39, 0.29) is 11.8 Å². The lowest BCUT2D eigenvalue weighted by molar-refractivity contribution is -0.117. The van der Waals surface area contributed by atoms with Gasteiger partial charge in [-0.3, -0.25) is 9.89 Å². The number of carbonyl (C=O) groups excluding carboxylic acids is 1. The summed E-state index contributed by atoms with van der Waals surface area (Å²) in [6.07, 6.45) is 2.38. The summed E-state index contributed by atoms with van der Waals surface area (Å²) in [7, 11) is 0. The highest BCUT2D eigenvalue weighted by Gasteiger charge is 2.28. The Labute approximate surface area is 117 Å². The zero-order valence-corrected chi connectivity index (χ0v) is 11.3. The maximum absolute atomic E-state index is 12.0. The van der Waals surface area contributed by atoms with Gasteiger partial charge in [0.05, 0.1) is 0 Å². The third-order valence-corrected chi connectivity index (χ3v) is 3.50. The van der Waals surface area contributed by atoms with Gasteiger partial charge >= 0.3 is 0 Å². The van der Waals surface area contributed by atoms with Crippen molar-refractivity contribution >= 4 is 11.6 Å². The van der Waals surface area contributed by atoms with Crippen molar-refractivity contribution in [3.8, 4) is 11.4 Å². The van der Waals surface area contributed by atoms with Gasteiger partial charge in [-0.2, -0.15) is 5.10 Å². The molecule has 0 bridgehead atoms. The number of aromatic nitrogens is 3. The van der Waals surface area contributed by atoms with E-state index in [1.807, 2.05) is 37.3 Å². The molecule has 0 aliphatic carbocycles. The van der Waals surface area contributed by atoms with Crippen molar-refractivity contribution in [3.63, 3.8) is 0 Å². The highest BCUT2D eigenvalue weighted by atomic mass is 16.2. The van der Waals surface area contributed by atoms with Crippen molar-refractivity contribution < 1.29 is 4.79 Å². The molecule has 20 heavy (non-hydrogen) atoms. The van der Waals surface area contributed by atoms with Crippen molar-refractivity contribution in [2.24, 2.45) is 5.92 Å². The van der Waals surface area contributed by atoms with Crippen LogP contribution in [-0.4, -0.2) is 27.6 Å².